The van der Waals surface area contributed by atoms with Crippen LogP contribution in [-0.2, 0) is 0 Å². The number of thioether (sulfide) groups is 1. The maximum absolute atomic E-state index is 12.0. The summed E-state index contributed by atoms with van der Waals surface area (Å²) in [5, 5.41) is 3.42. The standard InChI is InChI=1S/C11H13N3O2S/c1-2-16-10-8(4-3-5-12-10)9(15)14-11-13-6-7-17-11/h3-5H,2,6-7H2,1H3,(H,13,14,15). The van der Waals surface area contributed by atoms with Gasteiger partial charge in [0.25, 0.3) is 5.91 Å². The molecule has 0 aliphatic carbocycles. The van der Waals surface area contributed by atoms with Gasteiger partial charge in [0.1, 0.15) is 5.56 Å². The summed E-state index contributed by atoms with van der Waals surface area (Å²) in [6, 6.07) is 3.40. The van der Waals surface area contributed by atoms with Crippen molar-refractivity contribution in [1.82, 2.24) is 10.3 Å². The van der Waals surface area contributed by atoms with Crippen LogP contribution in [0.25, 0.3) is 0 Å². The van der Waals surface area contributed by atoms with Gasteiger partial charge >= 0.3 is 0 Å². The molecule has 0 aromatic carbocycles. The predicted octanol–water partition coefficient (Wildman–Crippen LogP) is 1.31. The monoisotopic (exact) mass is 251 g/mol. The number of nitrogens with one attached hydrogen (secondary N) is 1. The van der Waals surface area contributed by atoms with Crippen molar-refractivity contribution in [2.24, 2.45) is 4.99 Å². The largest absolute Gasteiger partial charge is 0.477 e. The number of pyridine rings is 1. The van der Waals surface area contributed by atoms with Gasteiger partial charge in [0.05, 0.1) is 13.2 Å². The van der Waals surface area contributed by atoms with Crippen molar-refractivity contribution in [1.29, 1.82) is 0 Å². The van der Waals surface area contributed by atoms with Crippen LogP contribution in [0.1, 0.15) is 17.3 Å². The topological polar surface area (TPSA) is 63.6 Å². The Balaban J connectivity index is 2.12. The van der Waals surface area contributed by atoms with Gasteiger partial charge in [-0.15, -0.1) is 0 Å². The van der Waals surface area contributed by atoms with Gasteiger partial charge in [-0.3, -0.25) is 9.79 Å². The Morgan fingerprint density at radius 1 is 1.65 bits per heavy atom. The minimum Gasteiger partial charge on any atom is -0.477 e. The summed E-state index contributed by atoms with van der Waals surface area (Å²) >= 11 is 1.54. The second-order valence-electron chi connectivity index (χ2n) is 3.28. The number of carbonyl (C=O) groups is 1. The van der Waals surface area contributed by atoms with Crippen LogP contribution in [0.2, 0.25) is 0 Å². The van der Waals surface area contributed by atoms with E-state index in [1.807, 2.05) is 6.92 Å². The lowest BCUT2D eigenvalue weighted by molar-refractivity contribution is 0.0973. The quantitative estimate of drug-likeness (QED) is 0.879. The summed E-state index contributed by atoms with van der Waals surface area (Å²) in [4.78, 5) is 20.2. The molecule has 6 heteroatoms. The van der Waals surface area contributed by atoms with Gasteiger partial charge in [-0.2, -0.15) is 0 Å². The molecule has 0 saturated heterocycles. The van der Waals surface area contributed by atoms with Gasteiger partial charge in [0, 0.05) is 11.9 Å². The molecule has 2 heterocycles. The maximum Gasteiger partial charge on any atom is 0.262 e. The van der Waals surface area contributed by atoms with Gasteiger partial charge in [-0.25, -0.2) is 4.98 Å². The van der Waals surface area contributed by atoms with Crippen molar-refractivity contribution in [3.8, 4) is 5.88 Å². The van der Waals surface area contributed by atoms with Crippen molar-refractivity contribution in [2.45, 2.75) is 6.92 Å². The van der Waals surface area contributed by atoms with E-state index < -0.39 is 0 Å². The highest BCUT2D eigenvalue weighted by atomic mass is 32.2. The van der Waals surface area contributed by atoms with Crippen LogP contribution in [0.3, 0.4) is 0 Å². The van der Waals surface area contributed by atoms with Gasteiger partial charge in [-0.05, 0) is 19.1 Å². The number of nitrogens with zero attached hydrogens (tertiary/aromatic N) is 2. The molecular weight excluding hydrogens is 238 g/mol. The Hall–Kier alpha value is -1.56. The van der Waals surface area contributed by atoms with E-state index in [-0.39, 0.29) is 5.91 Å². The molecule has 0 bridgehead atoms. The lowest BCUT2D eigenvalue weighted by Crippen LogP contribution is -2.28. The van der Waals surface area contributed by atoms with Crippen LogP contribution < -0.4 is 10.1 Å². The average Bonchev–Trinajstić information content (AvgIpc) is 2.83. The first-order chi connectivity index (χ1) is 8.31. The first kappa shape index (κ1) is 11.9. The van der Waals surface area contributed by atoms with Crippen molar-refractivity contribution in [2.75, 3.05) is 18.9 Å². The third-order valence-corrected chi connectivity index (χ3v) is 2.99. The fourth-order valence-corrected chi connectivity index (χ4v) is 2.11. The van der Waals surface area contributed by atoms with Crippen molar-refractivity contribution in [3.63, 3.8) is 0 Å². The zero-order valence-corrected chi connectivity index (χ0v) is 10.3. The molecule has 0 unspecified atom stereocenters. The average molecular weight is 251 g/mol. The zero-order chi connectivity index (χ0) is 12.1. The fourth-order valence-electron chi connectivity index (χ4n) is 1.39. The molecule has 2 rings (SSSR count). The number of carbonyl (C=O) groups excluding carboxylic acids is 1. The van der Waals surface area contributed by atoms with Crippen LogP contribution in [0.5, 0.6) is 5.88 Å². The molecular formula is C11H13N3O2S. The number of aromatic nitrogens is 1. The molecule has 90 valence electrons. The Labute approximate surface area is 104 Å². The van der Waals surface area contributed by atoms with Crippen LogP contribution in [0.15, 0.2) is 23.3 Å². The van der Waals surface area contributed by atoms with E-state index in [4.69, 9.17) is 4.74 Å². The molecule has 1 N–H and O–H groups in total. The molecule has 0 spiro atoms. The third kappa shape index (κ3) is 2.97. The summed E-state index contributed by atoms with van der Waals surface area (Å²) in [6.07, 6.45) is 1.60. The smallest absolute Gasteiger partial charge is 0.262 e. The van der Waals surface area contributed by atoms with Gasteiger partial charge in [0.15, 0.2) is 5.17 Å². The Bertz CT molecular complexity index is 448. The summed E-state index contributed by atoms with van der Waals surface area (Å²) in [5.74, 6) is 1.05. The van der Waals surface area contributed by atoms with Gasteiger partial charge in [0.2, 0.25) is 5.88 Å². The number of aliphatic imine (C=N–C) groups is 1. The van der Waals surface area contributed by atoms with E-state index in [9.17, 15) is 4.79 Å². The summed E-state index contributed by atoms with van der Waals surface area (Å²) < 4.78 is 5.30. The summed E-state index contributed by atoms with van der Waals surface area (Å²) in [5.41, 5.74) is 0.435. The zero-order valence-electron chi connectivity index (χ0n) is 9.47. The van der Waals surface area contributed by atoms with E-state index in [1.165, 1.54) is 0 Å². The fraction of sp³-hybridized carbons (Fsp3) is 0.364. The van der Waals surface area contributed by atoms with E-state index >= 15 is 0 Å². The number of ether oxygens (including phenoxy) is 1. The first-order valence-corrected chi connectivity index (χ1v) is 6.36. The Morgan fingerprint density at radius 3 is 3.24 bits per heavy atom. The van der Waals surface area contributed by atoms with E-state index in [0.29, 0.717) is 23.2 Å². The van der Waals surface area contributed by atoms with Gasteiger partial charge < -0.3 is 10.1 Å². The highest BCUT2D eigenvalue weighted by Crippen LogP contribution is 2.15. The Kier molecular flexibility index (Phi) is 3.98. The summed E-state index contributed by atoms with van der Waals surface area (Å²) in [6.45, 7) is 3.09. The highest BCUT2D eigenvalue weighted by molar-refractivity contribution is 8.14. The minimum absolute atomic E-state index is 0.227. The van der Waals surface area contributed by atoms with Crippen LogP contribution in [-0.4, -0.2) is 35.0 Å². The molecule has 1 aliphatic heterocycles. The van der Waals surface area contributed by atoms with E-state index in [0.717, 1.165) is 12.3 Å². The van der Waals surface area contributed by atoms with E-state index in [2.05, 4.69) is 15.3 Å². The van der Waals surface area contributed by atoms with E-state index in [1.54, 1.807) is 30.1 Å². The van der Waals surface area contributed by atoms with Crippen LogP contribution in [0.4, 0.5) is 0 Å². The lowest BCUT2D eigenvalue weighted by atomic mass is 10.2. The van der Waals surface area contributed by atoms with Crippen molar-refractivity contribution < 1.29 is 9.53 Å². The molecule has 0 atom stereocenters. The number of amides is 1. The maximum atomic E-state index is 12.0. The number of hydrogen-bond acceptors (Lipinski definition) is 5. The molecule has 0 radical (unpaired) electrons. The molecule has 0 fully saturated rings. The number of amidine groups is 1. The van der Waals surface area contributed by atoms with Gasteiger partial charge in [-0.1, -0.05) is 11.8 Å². The minimum atomic E-state index is -0.227. The first-order valence-electron chi connectivity index (χ1n) is 5.37. The normalized spacial score (nSPS) is 14.3. The molecule has 17 heavy (non-hydrogen) atoms. The van der Waals surface area contributed by atoms with Crippen LogP contribution in [0, 0.1) is 0 Å². The molecule has 1 aliphatic rings. The lowest BCUT2D eigenvalue weighted by Gasteiger charge is -2.08. The van der Waals surface area contributed by atoms with Crippen molar-refractivity contribution >= 4 is 22.8 Å². The molecule has 5 nitrogen and oxygen atoms in total. The number of hydrogen-bond donors (Lipinski definition) is 1. The number of rotatable bonds is 3. The Morgan fingerprint density at radius 2 is 2.53 bits per heavy atom. The van der Waals surface area contributed by atoms with Crippen molar-refractivity contribution in [3.05, 3.63) is 23.9 Å². The summed E-state index contributed by atoms with van der Waals surface area (Å²) in [7, 11) is 0. The highest BCUT2D eigenvalue weighted by Gasteiger charge is 2.16. The third-order valence-electron chi connectivity index (χ3n) is 2.10. The molecule has 1 aromatic heterocycles. The molecule has 0 saturated carbocycles. The molecule has 1 aromatic rings. The second kappa shape index (κ2) is 5.67. The SMILES string of the molecule is CCOc1ncccc1C(=O)NC1=NCCS1. The predicted molar refractivity (Wildman–Crippen MR) is 67.6 cm³/mol. The van der Waals surface area contributed by atoms with Crippen LogP contribution >= 0.6 is 11.8 Å². The molecule has 1 amide bonds. The second-order valence-corrected chi connectivity index (χ2v) is 4.36.